The third-order valence-corrected chi connectivity index (χ3v) is 4.97. The predicted octanol–water partition coefficient (Wildman–Crippen LogP) is 3.34. The van der Waals surface area contributed by atoms with Crippen molar-refractivity contribution in [3.63, 3.8) is 0 Å². The second-order valence-corrected chi connectivity index (χ2v) is 6.91. The van der Waals surface area contributed by atoms with Crippen LogP contribution in [0.25, 0.3) is 0 Å². The Labute approximate surface area is 132 Å². The quantitative estimate of drug-likeness (QED) is 0.773. The molecule has 0 fully saturated rings. The molecule has 1 aromatic carbocycles. The fourth-order valence-corrected chi connectivity index (χ4v) is 3.15. The molecule has 1 aliphatic carbocycles. The van der Waals surface area contributed by atoms with Crippen LogP contribution in [0.1, 0.15) is 12.5 Å². The molecule has 0 bridgehead atoms. The number of hydrogen-bond donors (Lipinski definition) is 0. The van der Waals surface area contributed by atoms with E-state index in [1.807, 2.05) is 6.92 Å². The van der Waals surface area contributed by atoms with Gasteiger partial charge in [-0.25, -0.2) is 0 Å². The van der Waals surface area contributed by atoms with Gasteiger partial charge in [-0.05, 0) is 37.6 Å². The van der Waals surface area contributed by atoms with Crippen LogP contribution in [-0.2, 0) is 14.8 Å². The van der Waals surface area contributed by atoms with Gasteiger partial charge in [0.15, 0.2) is 0 Å². The van der Waals surface area contributed by atoms with Crippen LogP contribution in [0.4, 0.5) is 0 Å². The van der Waals surface area contributed by atoms with Crippen molar-refractivity contribution in [2.45, 2.75) is 18.7 Å². The molecule has 7 heteroatoms. The first-order chi connectivity index (χ1) is 9.72. The van der Waals surface area contributed by atoms with Gasteiger partial charge in [0.1, 0.15) is 0 Å². The van der Waals surface area contributed by atoms with Crippen molar-refractivity contribution in [3.8, 4) is 0 Å². The smallest absolute Gasteiger partial charge is 0.282 e. The highest BCUT2D eigenvalue weighted by Crippen LogP contribution is 2.26. The highest BCUT2D eigenvalue weighted by Gasteiger charge is 2.24. The number of rotatable bonds is 2. The lowest BCUT2D eigenvalue weighted by Gasteiger charge is -2.11. The summed E-state index contributed by atoms with van der Waals surface area (Å²) in [4.78, 5) is 11.6. The fourth-order valence-electron chi connectivity index (χ4n) is 1.67. The molecule has 0 aromatic heterocycles. The van der Waals surface area contributed by atoms with Gasteiger partial charge in [-0.3, -0.25) is 4.79 Å². The van der Waals surface area contributed by atoms with Gasteiger partial charge in [-0.1, -0.05) is 40.9 Å². The van der Waals surface area contributed by atoms with E-state index in [0.717, 1.165) is 5.56 Å². The number of aryl methyl sites for hydroxylation is 1. The molecular weight excluding hydrogens is 333 g/mol. The first-order valence-electron chi connectivity index (χ1n) is 5.92. The van der Waals surface area contributed by atoms with Crippen LogP contribution < -0.4 is 0 Å². The molecule has 4 nitrogen and oxygen atoms in total. The van der Waals surface area contributed by atoms with Crippen LogP contribution in [-0.4, -0.2) is 19.9 Å². The highest BCUT2D eigenvalue weighted by molar-refractivity contribution is 7.90. The summed E-state index contributed by atoms with van der Waals surface area (Å²) in [5.74, 6) is -0.539. The van der Waals surface area contributed by atoms with E-state index in [1.54, 1.807) is 12.1 Å². The molecule has 0 atom stereocenters. The Morgan fingerprint density at radius 1 is 1.05 bits per heavy atom. The SMILES string of the molecule is CC1=C(Cl)C(=O)C(Cl)=C/C1=N\S(=O)(=O)c1ccc(C)cc1. The lowest BCUT2D eigenvalue weighted by Crippen LogP contribution is -2.14. The number of ketones is 1. The normalized spacial score (nSPS) is 18.2. The minimum absolute atomic E-state index is 0.0603. The molecule has 0 amide bonds. The van der Waals surface area contributed by atoms with Gasteiger partial charge in [-0.15, -0.1) is 0 Å². The van der Waals surface area contributed by atoms with E-state index in [0.29, 0.717) is 0 Å². The van der Waals surface area contributed by atoms with Crippen molar-refractivity contribution in [2.75, 3.05) is 0 Å². The van der Waals surface area contributed by atoms with E-state index < -0.39 is 15.8 Å². The van der Waals surface area contributed by atoms with E-state index in [9.17, 15) is 13.2 Å². The van der Waals surface area contributed by atoms with Gasteiger partial charge < -0.3 is 0 Å². The summed E-state index contributed by atoms with van der Waals surface area (Å²) in [6.07, 6.45) is 1.21. The van der Waals surface area contributed by atoms with E-state index in [-0.39, 0.29) is 26.2 Å². The Bertz CT molecular complexity index is 803. The summed E-state index contributed by atoms with van der Waals surface area (Å²) in [7, 11) is -3.89. The van der Waals surface area contributed by atoms with Crippen LogP contribution >= 0.6 is 23.2 Å². The predicted molar refractivity (Wildman–Crippen MR) is 83.3 cm³/mol. The monoisotopic (exact) mass is 343 g/mol. The standard InChI is InChI=1S/C14H11Cl2NO3S/c1-8-3-5-10(6-4-8)21(19,20)17-12-7-11(15)14(18)13(16)9(12)2/h3-7H,1-2H3/b17-12+. The number of hydrogen-bond acceptors (Lipinski definition) is 3. The number of nitrogens with zero attached hydrogens (tertiary/aromatic N) is 1. The molecule has 0 spiro atoms. The molecule has 0 heterocycles. The molecule has 1 aliphatic rings. The van der Waals surface area contributed by atoms with E-state index >= 15 is 0 Å². The van der Waals surface area contributed by atoms with Crippen LogP contribution in [0.2, 0.25) is 0 Å². The van der Waals surface area contributed by atoms with Crippen LogP contribution in [0.3, 0.4) is 0 Å². The summed E-state index contributed by atoms with van der Waals surface area (Å²) in [5.41, 5.74) is 1.28. The van der Waals surface area contributed by atoms with Crippen molar-refractivity contribution >= 4 is 44.7 Å². The number of Topliss-reactive ketones (excluding diaryl/α,β-unsaturated/α-hetero) is 1. The Morgan fingerprint density at radius 2 is 1.62 bits per heavy atom. The maximum absolute atomic E-state index is 12.2. The first kappa shape index (κ1) is 15.9. The maximum atomic E-state index is 12.2. The Balaban J connectivity index is 2.52. The summed E-state index contributed by atoms with van der Waals surface area (Å²) in [6, 6.07) is 6.29. The maximum Gasteiger partial charge on any atom is 0.282 e. The number of sulfonamides is 1. The lowest BCUT2D eigenvalue weighted by atomic mass is 10.0. The summed E-state index contributed by atoms with van der Waals surface area (Å²) in [5, 5.41) is -0.288. The topological polar surface area (TPSA) is 63.6 Å². The molecule has 0 unspecified atom stereocenters. The zero-order valence-corrected chi connectivity index (χ0v) is 13.6. The largest absolute Gasteiger partial charge is 0.287 e. The minimum atomic E-state index is -3.89. The molecule has 0 N–H and O–H groups in total. The van der Waals surface area contributed by atoms with Crippen LogP contribution in [0.5, 0.6) is 0 Å². The third kappa shape index (κ3) is 3.26. The number of allylic oxidation sites excluding steroid dienone is 4. The van der Waals surface area contributed by atoms with Crippen molar-refractivity contribution in [1.82, 2.24) is 0 Å². The van der Waals surface area contributed by atoms with Gasteiger partial charge in [-0.2, -0.15) is 12.8 Å². The highest BCUT2D eigenvalue weighted by atomic mass is 35.5. The van der Waals surface area contributed by atoms with Gasteiger partial charge in [0.25, 0.3) is 10.0 Å². The van der Waals surface area contributed by atoms with E-state index in [1.165, 1.54) is 25.1 Å². The minimum Gasteiger partial charge on any atom is -0.287 e. The zero-order chi connectivity index (χ0) is 15.8. The molecule has 1 aromatic rings. The van der Waals surface area contributed by atoms with Crippen molar-refractivity contribution in [1.29, 1.82) is 0 Å². The van der Waals surface area contributed by atoms with E-state index in [4.69, 9.17) is 23.2 Å². The average Bonchev–Trinajstić information content (AvgIpc) is 2.42. The first-order valence-corrected chi connectivity index (χ1v) is 8.12. The molecule has 2 rings (SSSR count). The summed E-state index contributed by atoms with van der Waals surface area (Å²) < 4.78 is 28.2. The number of carbonyl (C=O) groups is 1. The second-order valence-electron chi connectivity index (χ2n) is 4.53. The van der Waals surface area contributed by atoms with Gasteiger partial charge in [0.05, 0.1) is 20.7 Å². The Kier molecular flexibility index (Phi) is 4.37. The lowest BCUT2D eigenvalue weighted by molar-refractivity contribution is -0.111. The van der Waals surface area contributed by atoms with Crippen molar-refractivity contribution in [3.05, 3.63) is 51.5 Å². The summed E-state index contributed by atoms with van der Waals surface area (Å²) in [6.45, 7) is 3.37. The fraction of sp³-hybridized carbons (Fsp3) is 0.143. The molecule has 21 heavy (non-hydrogen) atoms. The molecule has 0 radical (unpaired) electrons. The zero-order valence-electron chi connectivity index (χ0n) is 11.2. The number of halogens is 2. The second kappa shape index (κ2) is 5.75. The van der Waals surface area contributed by atoms with Crippen molar-refractivity contribution in [2.24, 2.45) is 4.40 Å². The van der Waals surface area contributed by atoms with E-state index in [2.05, 4.69) is 4.40 Å². The number of benzene rings is 1. The molecule has 0 saturated heterocycles. The molecule has 0 saturated carbocycles. The van der Waals surface area contributed by atoms with Gasteiger partial charge in [0.2, 0.25) is 5.78 Å². The molecular formula is C14H11Cl2NO3S. The Hall–Kier alpha value is -1.43. The third-order valence-electron chi connectivity index (χ3n) is 2.93. The number of carbonyl (C=O) groups excluding carboxylic acids is 1. The van der Waals surface area contributed by atoms with Crippen LogP contribution in [0, 0.1) is 6.92 Å². The summed E-state index contributed by atoms with van der Waals surface area (Å²) >= 11 is 11.6. The molecule has 0 aliphatic heterocycles. The van der Waals surface area contributed by atoms with Gasteiger partial charge in [0, 0.05) is 0 Å². The Morgan fingerprint density at radius 3 is 2.19 bits per heavy atom. The van der Waals surface area contributed by atoms with Crippen molar-refractivity contribution < 1.29 is 13.2 Å². The van der Waals surface area contributed by atoms with Crippen LogP contribution in [0.15, 0.2) is 55.3 Å². The average molecular weight is 344 g/mol. The molecule has 110 valence electrons. The van der Waals surface area contributed by atoms with Gasteiger partial charge >= 0.3 is 0 Å².